The van der Waals surface area contributed by atoms with Crippen molar-refractivity contribution in [2.45, 2.75) is 0 Å². The van der Waals surface area contributed by atoms with Gasteiger partial charge >= 0.3 is 0 Å². The molecular weight excluding hydrogens is 829 g/mol. The molecule has 14 rings (SSSR count). The van der Waals surface area contributed by atoms with Crippen molar-refractivity contribution in [2.24, 2.45) is 0 Å². The molecule has 0 unspecified atom stereocenters. The molecule has 0 aliphatic heterocycles. The number of nitriles is 2. The number of nitrogens with zero attached hydrogens (tertiary/aromatic N) is 6. The predicted molar refractivity (Wildman–Crippen MR) is 279 cm³/mol. The van der Waals surface area contributed by atoms with Gasteiger partial charge < -0.3 is 18.3 Å². The Bertz CT molecular complexity index is 4490. The number of fused-ring (bicyclic) bond motifs is 13. The van der Waals surface area contributed by atoms with Crippen LogP contribution in [0, 0.1) is 22.7 Å². The summed E-state index contributed by atoms with van der Waals surface area (Å²) in [7, 11) is 0. The Kier molecular flexibility index (Phi) is 8.01. The van der Waals surface area contributed by atoms with Crippen molar-refractivity contribution in [1.29, 1.82) is 10.5 Å². The summed E-state index contributed by atoms with van der Waals surface area (Å²) in [4.78, 5) is 0. The van der Waals surface area contributed by atoms with Crippen LogP contribution in [-0.4, -0.2) is 18.3 Å². The fourth-order valence-corrected chi connectivity index (χ4v) is 11.1. The third kappa shape index (κ3) is 5.26. The molecule has 0 saturated carbocycles. The molecular formula is C62H36N6. The van der Waals surface area contributed by atoms with Gasteiger partial charge in [-0.05, 0) is 102 Å². The minimum absolute atomic E-state index is 0.545. The van der Waals surface area contributed by atoms with Crippen LogP contribution < -0.4 is 0 Å². The largest absolute Gasteiger partial charge is 0.309 e. The van der Waals surface area contributed by atoms with Crippen LogP contribution in [0.5, 0.6) is 0 Å². The first-order valence-electron chi connectivity index (χ1n) is 22.8. The maximum absolute atomic E-state index is 11.8. The van der Waals surface area contributed by atoms with Gasteiger partial charge in [-0.3, -0.25) is 0 Å². The Morgan fingerprint density at radius 1 is 0.294 bits per heavy atom. The second kappa shape index (κ2) is 14.4. The molecule has 0 radical (unpaired) electrons. The SMILES string of the molecule is N#Cc1ccc(-c2cc(-n3c4ccccc4c4cc5c(cc43)c3ccccc3n5-c3ccccc3)c(C#N)c(-n3c4ccccc4c4c3ccc3c5ccccc5n(-c5ccccc5)c34)c2)cc1. The van der Waals surface area contributed by atoms with Gasteiger partial charge in [-0.1, -0.05) is 127 Å². The van der Waals surface area contributed by atoms with Crippen LogP contribution in [0.15, 0.2) is 218 Å². The molecule has 6 nitrogen and oxygen atoms in total. The summed E-state index contributed by atoms with van der Waals surface area (Å²) in [5, 5.41) is 30.7. The molecule has 0 fully saturated rings. The lowest BCUT2D eigenvalue weighted by Gasteiger charge is -2.18. The maximum atomic E-state index is 11.8. The van der Waals surface area contributed by atoms with Crippen molar-refractivity contribution >= 4 is 87.2 Å². The molecule has 4 aromatic heterocycles. The fourth-order valence-electron chi connectivity index (χ4n) is 11.1. The highest BCUT2D eigenvalue weighted by molar-refractivity contribution is 6.26. The van der Waals surface area contributed by atoms with Crippen molar-refractivity contribution in [3.05, 3.63) is 230 Å². The first-order chi connectivity index (χ1) is 33.7. The molecule has 314 valence electrons. The van der Waals surface area contributed by atoms with E-state index in [1.54, 1.807) is 0 Å². The Morgan fingerprint density at radius 2 is 0.750 bits per heavy atom. The van der Waals surface area contributed by atoms with Crippen molar-refractivity contribution in [3.63, 3.8) is 0 Å². The molecule has 10 aromatic carbocycles. The van der Waals surface area contributed by atoms with Gasteiger partial charge in [-0.15, -0.1) is 0 Å². The lowest BCUT2D eigenvalue weighted by atomic mass is 9.99. The number of aromatic nitrogens is 4. The number of rotatable bonds is 5. The topological polar surface area (TPSA) is 67.3 Å². The molecule has 68 heavy (non-hydrogen) atoms. The maximum Gasteiger partial charge on any atom is 0.104 e. The van der Waals surface area contributed by atoms with E-state index in [-0.39, 0.29) is 0 Å². The van der Waals surface area contributed by atoms with E-state index in [4.69, 9.17) is 0 Å². The van der Waals surface area contributed by atoms with E-state index >= 15 is 0 Å². The van der Waals surface area contributed by atoms with Crippen LogP contribution in [-0.2, 0) is 0 Å². The number of hydrogen-bond acceptors (Lipinski definition) is 2. The lowest BCUT2D eigenvalue weighted by molar-refractivity contribution is 1.12. The molecule has 0 saturated heterocycles. The number of para-hydroxylation sites is 6. The smallest absolute Gasteiger partial charge is 0.104 e. The normalized spacial score (nSPS) is 11.8. The minimum atomic E-state index is 0.545. The Labute approximate surface area is 389 Å². The van der Waals surface area contributed by atoms with Crippen molar-refractivity contribution in [3.8, 4) is 46.0 Å². The van der Waals surface area contributed by atoms with Crippen LogP contribution >= 0.6 is 0 Å². The van der Waals surface area contributed by atoms with Crippen molar-refractivity contribution in [1.82, 2.24) is 18.3 Å². The number of benzene rings is 10. The van der Waals surface area contributed by atoms with Crippen molar-refractivity contribution < 1.29 is 0 Å². The van der Waals surface area contributed by atoms with Crippen LogP contribution in [0.1, 0.15) is 11.1 Å². The summed E-state index contributed by atoms with van der Waals surface area (Å²) in [6.07, 6.45) is 0. The first kappa shape index (κ1) is 37.7. The Balaban J connectivity index is 1.13. The molecule has 0 atom stereocenters. The molecule has 0 aliphatic carbocycles. The van der Waals surface area contributed by atoms with Gasteiger partial charge in [0.15, 0.2) is 0 Å². The summed E-state index contributed by atoms with van der Waals surface area (Å²) < 4.78 is 9.34. The standard InChI is InChI=1S/C62H36N6/c63-37-39-27-29-40(30-28-39)41-33-57(67-55-26-14-10-22-48(55)61-56(67)32-31-47-44-19-7-12-24-53(44)66(62(47)61)43-17-5-2-6-18-43)51(38-64)58(34-41)68-54-25-13-9-21-46(54)50-35-59-49(36-60(50)68)45-20-8-11-23-52(45)65(59)42-15-3-1-4-16-42/h1-36H. The molecule has 4 heterocycles. The van der Waals surface area contributed by atoms with E-state index in [2.05, 4.69) is 225 Å². The average Bonchev–Trinajstić information content (AvgIpc) is 4.13. The van der Waals surface area contributed by atoms with Crippen LogP contribution in [0.3, 0.4) is 0 Å². The lowest BCUT2D eigenvalue weighted by Crippen LogP contribution is -2.05. The Morgan fingerprint density at radius 3 is 1.32 bits per heavy atom. The quantitative estimate of drug-likeness (QED) is 0.173. The zero-order chi connectivity index (χ0) is 45.0. The molecule has 0 N–H and O–H groups in total. The van der Waals surface area contributed by atoms with Gasteiger partial charge in [-0.25, -0.2) is 0 Å². The molecule has 0 aliphatic rings. The zero-order valence-electron chi connectivity index (χ0n) is 36.5. The van der Waals surface area contributed by atoms with E-state index in [0.717, 1.165) is 116 Å². The van der Waals surface area contributed by atoms with Gasteiger partial charge in [0, 0.05) is 54.5 Å². The summed E-state index contributed by atoms with van der Waals surface area (Å²) in [5.41, 5.74) is 15.2. The van der Waals surface area contributed by atoms with Crippen LogP contribution in [0.4, 0.5) is 0 Å². The van der Waals surface area contributed by atoms with E-state index in [1.807, 2.05) is 24.3 Å². The van der Waals surface area contributed by atoms with Crippen LogP contribution in [0.25, 0.3) is 121 Å². The van der Waals surface area contributed by atoms with Gasteiger partial charge in [-0.2, -0.15) is 10.5 Å². The highest BCUT2D eigenvalue weighted by Gasteiger charge is 2.26. The van der Waals surface area contributed by atoms with Gasteiger partial charge in [0.05, 0.1) is 67.1 Å². The zero-order valence-corrected chi connectivity index (χ0v) is 36.5. The summed E-state index contributed by atoms with van der Waals surface area (Å²) >= 11 is 0. The summed E-state index contributed by atoms with van der Waals surface area (Å²) in [5.74, 6) is 0. The third-order valence-electron chi connectivity index (χ3n) is 14.0. The second-order valence-electron chi connectivity index (χ2n) is 17.5. The van der Waals surface area contributed by atoms with E-state index in [9.17, 15) is 10.5 Å². The molecule has 0 bridgehead atoms. The second-order valence-corrected chi connectivity index (χ2v) is 17.5. The highest BCUT2D eigenvalue weighted by atomic mass is 15.0. The van der Waals surface area contributed by atoms with Crippen molar-refractivity contribution in [2.75, 3.05) is 0 Å². The minimum Gasteiger partial charge on any atom is -0.309 e. The van der Waals surface area contributed by atoms with Gasteiger partial charge in [0.2, 0.25) is 0 Å². The van der Waals surface area contributed by atoms with E-state index in [1.165, 1.54) is 5.39 Å². The van der Waals surface area contributed by atoms with Gasteiger partial charge in [0.25, 0.3) is 0 Å². The number of hydrogen-bond donors (Lipinski definition) is 0. The van der Waals surface area contributed by atoms with E-state index in [0.29, 0.717) is 11.1 Å². The summed E-state index contributed by atoms with van der Waals surface area (Å²) in [6, 6.07) is 81.8. The average molecular weight is 865 g/mol. The Hall–Kier alpha value is -9.62. The predicted octanol–water partition coefficient (Wildman–Crippen LogP) is 15.5. The fraction of sp³-hybridized carbons (Fsp3) is 0. The molecule has 6 heteroatoms. The van der Waals surface area contributed by atoms with Crippen LogP contribution in [0.2, 0.25) is 0 Å². The highest BCUT2D eigenvalue weighted by Crippen LogP contribution is 2.45. The monoisotopic (exact) mass is 864 g/mol. The van der Waals surface area contributed by atoms with Gasteiger partial charge in [0.1, 0.15) is 11.6 Å². The molecule has 0 amide bonds. The molecule has 0 spiro atoms. The summed E-state index contributed by atoms with van der Waals surface area (Å²) in [6.45, 7) is 0. The van der Waals surface area contributed by atoms with E-state index < -0.39 is 0 Å². The third-order valence-corrected chi connectivity index (χ3v) is 14.0. The first-order valence-corrected chi connectivity index (χ1v) is 22.8. The molecule has 14 aromatic rings.